The highest BCUT2D eigenvalue weighted by molar-refractivity contribution is 5.60. The molecule has 2 heteroatoms. The Hall–Kier alpha value is -1.49. The fourth-order valence-electron chi connectivity index (χ4n) is 3.04. The maximum Gasteiger partial charge on any atom is 0.101 e. The molecule has 0 radical (unpaired) electrons. The molecule has 2 aliphatic rings. The van der Waals surface area contributed by atoms with Crippen LogP contribution in [0, 0.1) is 17.2 Å². The third kappa shape index (κ3) is 1.31. The van der Waals surface area contributed by atoms with Gasteiger partial charge in [0.25, 0.3) is 0 Å². The Balaban J connectivity index is 1.97. The van der Waals surface area contributed by atoms with Crippen molar-refractivity contribution in [3.8, 4) is 6.07 Å². The van der Waals surface area contributed by atoms with Crippen molar-refractivity contribution in [2.24, 2.45) is 5.92 Å². The van der Waals surface area contributed by atoms with Crippen molar-refractivity contribution in [1.29, 1.82) is 5.26 Å². The summed E-state index contributed by atoms with van der Waals surface area (Å²) < 4.78 is 0. The number of nitrogens with zero attached hydrogens (tertiary/aromatic N) is 2. The van der Waals surface area contributed by atoms with Gasteiger partial charge < -0.3 is 4.90 Å². The van der Waals surface area contributed by atoms with Crippen LogP contribution in [0.25, 0.3) is 0 Å². The Labute approximate surface area is 90.1 Å². The highest BCUT2D eigenvalue weighted by atomic mass is 15.2. The van der Waals surface area contributed by atoms with E-state index in [1.165, 1.54) is 19.3 Å². The summed E-state index contributed by atoms with van der Waals surface area (Å²) in [5.74, 6) is 0.877. The maximum absolute atomic E-state index is 9.07. The van der Waals surface area contributed by atoms with Crippen LogP contribution in [0.15, 0.2) is 24.3 Å². The Bertz CT molecular complexity index is 419. The van der Waals surface area contributed by atoms with E-state index >= 15 is 0 Å². The molecule has 0 spiro atoms. The lowest BCUT2D eigenvalue weighted by Gasteiger charge is -2.29. The average molecular weight is 198 g/mol. The molecule has 1 saturated heterocycles. The SMILES string of the molecule is N#Cc1ccccc1N1CC2CCC1C2. The van der Waals surface area contributed by atoms with Crippen molar-refractivity contribution in [3.05, 3.63) is 29.8 Å². The van der Waals surface area contributed by atoms with Gasteiger partial charge in [-0.25, -0.2) is 0 Å². The van der Waals surface area contributed by atoms with Crippen LogP contribution >= 0.6 is 0 Å². The molecule has 1 heterocycles. The Morgan fingerprint density at radius 3 is 2.80 bits per heavy atom. The van der Waals surface area contributed by atoms with Crippen molar-refractivity contribution in [1.82, 2.24) is 0 Å². The molecule has 0 N–H and O–H groups in total. The highest BCUT2D eigenvalue weighted by Gasteiger charge is 2.38. The quantitative estimate of drug-likeness (QED) is 0.693. The van der Waals surface area contributed by atoms with Crippen LogP contribution in [0.5, 0.6) is 0 Å². The van der Waals surface area contributed by atoms with Crippen LogP contribution in [-0.2, 0) is 0 Å². The van der Waals surface area contributed by atoms with Gasteiger partial charge in [-0.2, -0.15) is 5.26 Å². The normalized spacial score (nSPS) is 28.1. The first-order valence-electron chi connectivity index (χ1n) is 5.64. The van der Waals surface area contributed by atoms with E-state index < -0.39 is 0 Å². The minimum atomic E-state index is 0.699. The molecule has 1 aromatic carbocycles. The van der Waals surface area contributed by atoms with E-state index in [2.05, 4.69) is 17.0 Å². The number of hydrogen-bond acceptors (Lipinski definition) is 2. The summed E-state index contributed by atoms with van der Waals surface area (Å²) in [5, 5.41) is 9.07. The second-order valence-corrected chi connectivity index (χ2v) is 4.61. The van der Waals surface area contributed by atoms with E-state index in [1.54, 1.807) is 0 Å². The van der Waals surface area contributed by atoms with E-state index in [0.717, 1.165) is 23.7 Å². The predicted molar refractivity (Wildman–Crippen MR) is 59.6 cm³/mol. The van der Waals surface area contributed by atoms with Gasteiger partial charge in [-0.15, -0.1) is 0 Å². The second kappa shape index (κ2) is 3.27. The lowest BCUT2D eigenvalue weighted by Crippen LogP contribution is -2.32. The molecule has 0 amide bonds. The van der Waals surface area contributed by atoms with Crippen molar-refractivity contribution in [2.45, 2.75) is 25.3 Å². The Morgan fingerprint density at radius 1 is 1.27 bits per heavy atom. The lowest BCUT2D eigenvalue weighted by atomic mass is 10.1. The smallest absolute Gasteiger partial charge is 0.101 e. The number of rotatable bonds is 1. The molecule has 2 fully saturated rings. The van der Waals surface area contributed by atoms with E-state index in [-0.39, 0.29) is 0 Å². The molecule has 1 aliphatic heterocycles. The summed E-state index contributed by atoms with van der Waals surface area (Å²) >= 11 is 0. The summed E-state index contributed by atoms with van der Waals surface area (Å²) in [4.78, 5) is 2.44. The van der Waals surface area contributed by atoms with Crippen LogP contribution in [-0.4, -0.2) is 12.6 Å². The van der Waals surface area contributed by atoms with Gasteiger partial charge in [-0.1, -0.05) is 12.1 Å². The fourth-order valence-corrected chi connectivity index (χ4v) is 3.04. The van der Waals surface area contributed by atoms with Crippen LogP contribution < -0.4 is 4.90 Å². The first kappa shape index (κ1) is 8.79. The number of anilines is 1. The molecular weight excluding hydrogens is 184 g/mol. The molecule has 2 unspecified atom stereocenters. The van der Waals surface area contributed by atoms with Crippen LogP contribution in [0.2, 0.25) is 0 Å². The van der Waals surface area contributed by atoms with Crippen molar-refractivity contribution in [2.75, 3.05) is 11.4 Å². The minimum absolute atomic E-state index is 0.699. The lowest BCUT2D eigenvalue weighted by molar-refractivity contribution is 0.553. The molecule has 2 atom stereocenters. The molecule has 15 heavy (non-hydrogen) atoms. The van der Waals surface area contributed by atoms with Gasteiger partial charge in [0.05, 0.1) is 11.3 Å². The molecule has 0 aromatic heterocycles. The first-order valence-corrected chi connectivity index (χ1v) is 5.64. The number of nitriles is 1. The number of hydrogen-bond donors (Lipinski definition) is 0. The van der Waals surface area contributed by atoms with Gasteiger partial charge in [-0.3, -0.25) is 0 Å². The zero-order valence-corrected chi connectivity index (χ0v) is 8.69. The molecule has 2 bridgehead atoms. The summed E-state index contributed by atoms with van der Waals surface area (Å²) in [5.41, 5.74) is 1.97. The number of benzene rings is 1. The number of fused-ring (bicyclic) bond motifs is 2. The predicted octanol–water partition coefficient (Wildman–Crippen LogP) is 2.55. The standard InChI is InChI=1S/C13H14N2/c14-8-11-3-1-2-4-13(11)15-9-10-5-6-12(15)7-10/h1-4,10,12H,5-7,9H2. The summed E-state index contributed by atoms with van der Waals surface area (Å²) in [7, 11) is 0. The summed E-state index contributed by atoms with van der Waals surface area (Å²) in [6.45, 7) is 1.16. The average Bonchev–Trinajstić information content (AvgIpc) is 2.90. The molecule has 3 rings (SSSR count). The zero-order valence-electron chi connectivity index (χ0n) is 8.69. The van der Waals surface area contributed by atoms with Crippen molar-refractivity contribution >= 4 is 5.69 Å². The maximum atomic E-state index is 9.07. The second-order valence-electron chi connectivity index (χ2n) is 4.61. The third-order valence-electron chi connectivity index (χ3n) is 3.74. The van der Waals surface area contributed by atoms with Gasteiger partial charge in [0.2, 0.25) is 0 Å². The van der Waals surface area contributed by atoms with Gasteiger partial charge in [0.15, 0.2) is 0 Å². The Kier molecular flexibility index (Phi) is 1.92. The largest absolute Gasteiger partial charge is 0.367 e. The van der Waals surface area contributed by atoms with Crippen molar-refractivity contribution < 1.29 is 0 Å². The Morgan fingerprint density at radius 2 is 2.13 bits per heavy atom. The van der Waals surface area contributed by atoms with E-state index in [1.807, 2.05) is 18.2 Å². The van der Waals surface area contributed by atoms with Gasteiger partial charge >= 0.3 is 0 Å². The summed E-state index contributed by atoms with van der Waals surface area (Å²) in [6, 6.07) is 11.0. The van der Waals surface area contributed by atoms with Crippen LogP contribution in [0.3, 0.4) is 0 Å². The number of piperidine rings is 1. The number of para-hydroxylation sites is 1. The van der Waals surface area contributed by atoms with E-state index in [0.29, 0.717) is 6.04 Å². The fraction of sp³-hybridized carbons (Fsp3) is 0.462. The minimum Gasteiger partial charge on any atom is -0.367 e. The monoisotopic (exact) mass is 198 g/mol. The van der Waals surface area contributed by atoms with Gasteiger partial charge in [0.1, 0.15) is 6.07 Å². The molecular formula is C13H14N2. The topological polar surface area (TPSA) is 27.0 Å². The molecule has 1 aliphatic carbocycles. The van der Waals surface area contributed by atoms with Crippen LogP contribution in [0.1, 0.15) is 24.8 Å². The highest BCUT2D eigenvalue weighted by Crippen LogP contribution is 2.40. The van der Waals surface area contributed by atoms with E-state index in [9.17, 15) is 0 Å². The molecule has 2 nitrogen and oxygen atoms in total. The zero-order chi connectivity index (χ0) is 10.3. The first-order chi connectivity index (χ1) is 7.38. The van der Waals surface area contributed by atoms with Crippen LogP contribution in [0.4, 0.5) is 5.69 Å². The van der Waals surface area contributed by atoms with E-state index in [4.69, 9.17) is 5.26 Å². The van der Waals surface area contributed by atoms with Gasteiger partial charge in [-0.05, 0) is 37.3 Å². The molecule has 1 saturated carbocycles. The summed E-state index contributed by atoms with van der Waals surface area (Å²) in [6.07, 6.45) is 4.03. The third-order valence-corrected chi connectivity index (χ3v) is 3.74. The molecule has 76 valence electrons. The van der Waals surface area contributed by atoms with Gasteiger partial charge in [0, 0.05) is 12.6 Å². The van der Waals surface area contributed by atoms with Crippen molar-refractivity contribution in [3.63, 3.8) is 0 Å². The molecule has 1 aromatic rings.